The van der Waals surface area contributed by atoms with Gasteiger partial charge in [0, 0.05) is 10.4 Å². The number of ether oxygens (including phenoxy) is 2. The average Bonchev–Trinajstić information content (AvgIpc) is 2.45. The molecule has 0 aromatic heterocycles. The maximum atomic E-state index is 5.51. The highest BCUT2D eigenvalue weighted by Crippen LogP contribution is 2.02. The normalized spacial score (nSPS) is 12.1. The molecule has 1 aromatic carbocycles. The van der Waals surface area contributed by atoms with E-state index in [-0.39, 0.29) is 13.2 Å². The van der Waals surface area contributed by atoms with Crippen LogP contribution < -0.4 is 15.2 Å². The standard InChI is InChI=1S/C17H16O2/c1-5-12-18-16(8-4)15-10-9-11-17(14(15)7-3)19-13-6-2/h1-2,7-11H,4,12-13H2,3H3/b14-7+,16-15+. The van der Waals surface area contributed by atoms with Gasteiger partial charge in [-0.2, -0.15) is 0 Å². The van der Waals surface area contributed by atoms with Gasteiger partial charge in [-0.15, -0.1) is 12.8 Å². The first-order chi connectivity index (χ1) is 9.28. The van der Waals surface area contributed by atoms with Crippen molar-refractivity contribution < 1.29 is 9.47 Å². The molecule has 0 aliphatic carbocycles. The molecule has 1 aromatic rings. The molecule has 2 nitrogen and oxygen atoms in total. The topological polar surface area (TPSA) is 18.5 Å². The van der Waals surface area contributed by atoms with Crippen molar-refractivity contribution in [2.45, 2.75) is 6.92 Å². The molecule has 0 heterocycles. The smallest absolute Gasteiger partial charge is 0.148 e. The zero-order valence-corrected chi connectivity index (χ0v) is 11.0. The van der Waals surface area contributed by atoms with E-state index in [1.807, 2.05) is 31.2 Å². The first-order valence-corrected chi connectivity index (χ1v) is 5.83. The van der Waals surface area contributed by atoms with Crippen LogP contribution in [0.1, 0.15) is 6.92 Å². The highest BCUT2D eigenvalue weighted by Gasteiger charge is 2.01. The molecular formula is C17H16O2. The molecule has 0 unspecified atom stereocenters. The summed E-state index contributed by atoms with van der Waals surface area (Å²) in [4.78, 5) is 0. The Kier molecular flexibility index (Phi) is 5.86. The first-order valence-electron chi connectivity index (χ1n) is 5.83. The second-order valence-corrected chi connectivity index (χ2v) is 3.56. The molecule has 0 radical (unpaired) electrons. The van der Waals surface area contributed by atoms with Crippen LogP contribution >= 0.6 is 0 Å². The van der Waals surface area contributed by atoms with E-state index < -0.39 is 0 Å². The third-order valence-electron chi connectivity index (χ3n) is 2.43. The first kappa shape index (κ1) is 14.5. The largest absolute Gasteiger partial charge is 0.480 e. The van der Waals surface area contributed by atoms with Gasteiger partial charge in [0.05, 0.1) is 0 Å². The van der Waals surface area contributed by atoms with Crippen molar-refractivity contribution in [3.05, 3.63) is 41.3 Å². The number of benzene rings is 1. The van der Waals surface area contributed by atoms with E-state index in [0.717, 1.165) is 10.4 Å². The van der Waals surface area contributed by atoms with E-state index in [4.69, 9.17) is 22.3 Å². The molecule has 0 atom stereocenters. The Morgan fingerprint density at radius 1 is 1.32 bits per heavy atom. The molecule has 2 heteroatoms. The minimum atomic E-state index is 0.194. The predicted molar refractivity (Wildman–Crippen MR) is 78.5 cm³/mol. The summed E-state index contributed by atoms with van der Waals surface area (Å²) >= 11 is 0. The number of hydrogen-bond donors (Lipinski definition) is 0. The summed E-state index contributed by atoms with van der Waals surface area (Å²) < 4.78 is 11.0. The molecular weight excluding hydrogens is 236 g/mol. The maximum Gasteiger partial charge on any atom is 0.148 e. The van der Waals surface area contributed by atoms with E-state index in [2.05, 4.69) is 18.4 Å². The lowest BCUT2D eigenvalue weighted by molar-refractivity contribution is 0.326. The van der Waals surface area contributed by atoms with Gasteiger partial charge in [-0.3, -0.25) is 0 Å². The van der Waals surface area contributed by atoms with Gasteiger partial charge >= 0.3 is 0 Å². The van der Waals surface area contributed by atoms with Gasteiger partial charge in [-0.05, 0) is 19.1 Å². The minimum Gasteiger partial charge on any atom is -0.480 e. The van der Waals surface area contributed by atoms with Crippen LogP contribution in [0.4, 0.5) is 0 Å². The van der Waals surface area contributed by atoms with Gasteiger partial charge in [-0.25, -0.2) is 0 Å². The maximum absolute atomic E-state index is 5.51. The Hall–Kier alpha value is -2.58. The number of hydrogen-bond acceptors (Lipinski definition) is 2. The van der Waals surface area contributed by atoms with Crippen molar-refractivity contribution >= 4 is 11.8 Å². The van der Waals surface area contributed by atoms with Gasteiger partial charge in [-0.1, -0.05) is 36.6 Å². The fourth-order valence-electron chi connectivity index (χ4n) is 1.67. The Balaban J connectivity index is 3.44. The van der Waals surface area contributed by atoms with Crippen LogP contribution in [0.2, 0.25) is 0 Å². The monoisotopic (exact) mass is 252 g/mol. The Labute approximate surface area is 114 Å². The van der Waals surface area contributed by atoms with E-state index >= 15 is 0 Å². The molecule has 0 fully saturated rings. The van der Waals surface area contributed by atoms with E-state index in [9.17, 15) is 0 Å². The zero-order chi connectivity index (χ0) is 14.1. The van der Waals surface area contributed by atoms with Crippen LogP contribution in [0.15, 0.2) is 30.9 Å². The van der Waals surface area contributed by atoms with Crippen LogP contribution in [0.25, 0.3) is 11.8 Å². The lowest BCUT2D eigenvalue weighted by atomic mass is 10.2. The quantitative estimate of drug-likeness (QED) is 0.738. The van der Waals surface area contributed by atoms with Crippen molar-refractivity contribution in [1.29, 1.82) is 0 Å². The van der Waals surface area contributed by atoms with E-state index in [1.54, 1.807) is 6.08 Å². The molecule has 0 N–H and O–H groups in total. The van der Waals surface area contributed by atoms with Crippen LogP contribution in [0, 0.1) is 24.7 Å². The van der Waals surface area contributed by atoms with Gasteiger partial charge < -0.3 is 9.47 Å². The second-order valence-electron chi connectivity index (χ2n) is 3.56. The molecule has 0 aliphatic rings. The molecule has 0 bridgehead atoms. The zero-order valence-electron chi connectivity index (χ0n) is 11.0. The van der Waals surface area contributed by atoms with Gasteiger partial charge in [0.2, 0.25) is 0 Å². The van der Waals surface area contributed by atoms with Crippen molar-refractivity contribution in [2.75, 3.05) is 13.2 Å². The number of terminal acetylenes is 2. The highest BCUT2D eigenvalue weighted by molar-refractivity contribution is 5.51. The van der Waals surface area contributed by atoms with Crippen molar-refractivity contribution in [3.63, 3.8) is 0 Å². The predicted octanol–water partition coefficient (Wildman–Crippen LogP) is 1.44. The molecule has 0 saturated carbocycles. The fourth-order valence-corrected chi connectivity index (χ4v) is 1.67. The summed E-state index contributed by atoms with van der Waals surface area (Å²) in [5, 5.41) is 1.78. The summed E-state index contributed by atoms with van der Waals surface area (Å²) in [7, 11) is 0. The molecule has 0 spiro atoms. The van der Waals surface area contributed by atoms with Crippen LogP contribution in [-0.4, -0.2) is 13.2 Å². The summed E-state index contributed by atoms with van der Waals surface area (Å²) in [6.45, 7) is 6.08. The van der Waals surface area contributed by atoms with Gasteiger partial charge in [0.15, 0.2) is 0 Å². The lowest BCUT2D eigenvalue weighted by Gasteiger charge is -2.07. The molecule has 0 saturated heterocycles. The minimum absolute atomic E-state index is 0.194. The lowest BCUT2D eigenvalue weighted by Crippen LogP contribution is -2.29. The van der Waals surface area contributed by atoms with Gasteiger partial charge in [0.1, 0.15) is 24.7 Å². The third-order valence-corrected chi connectivity index (χ3v) is 2.43. The summed E-state index contributed by atoms with van der Waals surface area (Å²) in [5.74, 6) is 6.21. The van der Waals surface area contributed by atoms with Crippen LogP contribution in [-0.2, 0) is 4.74 Å². The molecule has 1 rings (SSSR count). The third kappa shape index (κ3) is 3.69. The highest BCUT2D eigenvalue weighted by atomic mass is 16.5. The molecule has 96 valence electrons. The summed E-state index contributed by atoms with van der Waals surface area (Å²) in [6.07, 6.45) is 14.0. The molecule has 19 heavy (non-hydrogen) atoms. The fraction of sp³-hybridized carbons (Fsp3) is 0.176. The van der Waals surface area contributed by atoms with E-state index in [0.29, 0.717) is 11.5 Å². The Morgan fingerprint density at radius 2 is 2.05 bits per heavy atom. The SMILES string of the molecule is C#CCO/C(C=C)=c1\cccc(OCC#C)\c1=C\C. The van der Waals surface area contributed by atoms with Crippen LogP contribution in [0.5, 0.6) is 5.75 Å². The summed E-state index contributed by atoms with van der Waals surface area (Å²) in [6, 6.07) is 5.65. The summed E-state index contributed by atoms with van der Waals surface area (Å²) in [5.41, 5.74) is 0. The molecule has 0 amide bonds. The Morgan fingerprint density at radius 3 is 2.63 bits per heavy atom. The molecule has 0 aliphatic heterocycles. The van der Waals surface area contributed by atoms with E-state index in [1.165, 1.54) is 0 Å². The van der Waals surface area contributed by atoms with Crippen LogP contribution in [0.3, 0.4) is 0 Å². The van der Waals surface area contributed by atoms with Crippen molar-refractivity contribution in [1.82, 2.24) is 0 Å². The second kappa shape index (κ2) is 7.69. The number of rotatable bonds is 5. The van der Waals surface area contributed by atoms with Gasteiger partial charge in [0.25, 0.3) is 0 Å². The average molecular weight is 252 g/mol. The Bertz CT molecular complexity index is 639. The van der Waals surface area contributed by atoms with Crippen molar-refractivity contribution in [2.24, 2.45) is 0 Å². The van der Waals surface area contributed by atoms with Crippen molar-refractivity contribution in [3.8, 4) is 30.4 Å².